The number of aliphatic hydroxyl groups excluding tert-OH is 1. The Labute approximate surface area is 95.8 Å². The zero-order valence-corrected chi connectivity index (χ0v) is 9.55. The Bertz CT molecular complexity index is 326. The quantitative estimate of drug-likeness (QED) is 0.748. The summed E-state index contributed by atoms with van der Waals surface area (Å²) < 4.78 is 1.88. The monoisotopic (exact) mass is 224 g/mol. The van der Waals surface area contributed by atoms with Crippen LogP contribution in [-0.2, 0) is 6.54 Å². The molecule has 3 N–H and O–H groups in total. The SMILES string of the molecule is Nc1cnn(CCN2CCC(CCO)C2)c1. The zero-order chi connectivity index (χ0) is 11.4. The number of nitrogens with two attached hydrogens (primary N) is 1. The number of anilines is 1. The van der Waals surface area contributed by atoms with Gasteiger partial charge in [0.25, 0.3) is 0 Å². The summed E-state index contributed by atoms with van der Waals surface area (Å²) in [6, 6.07) is 0. The average molecular weight is 224 g/mol. The number of aromatic nitrogens is 2. The predicted molar refractivity (Wildman–Crippen MR) is 62.9 cm³/mol. The van der Waals surface area contributed by atoms with Crippen LogP contribution < -0.4 is 5.73 Å². The Morgan fingerprint density at radius 2 is 2.38 bits per heavy atom. The van der Waals surface area contributed by atoms with E-state index in [1.54, 1.807) is 6.20 Å². The zero-order valence-electron chi connectivity index (χ0n) is 9.55. The van der Waals surface area contributed by atoms with Gasteiger partial charge in [-0.3, -0.25) is 4.68 Å². The molecule has 16 heavy (non-hydrogen) atoms. The highest BCUT2D eigenvalue weighted by Crippen LogP contribution is 2.18. The molecular formula is C11H20N4O. The summed E-state index contributed by atoms with van der Waals surface area (Å²) in [7, 11) is 0. The Kier molecular flexibility index (Phi) is 3.79. The minimum atomic E-state index is 0.314. The molecule has 1 aromatic heterocycles. The smallest absolute Gasteiger partial charge is 0.0719 e. The summed E-state index contributed by atoms with van der Waals surface area (Å²) in [6.45, 7) is 4.47. The second-order valence-electron chi connectivity index (χ2n) is 4.50. The van der Waals surface area contributed by atoms with E-state index in [9.17, 15) is 0 Å². The topological polar surface area (TPSA) is 67.3 Å². The van der Waals surface area contributed by atoms with Gasteiger partial charge < -0.3 is 15.7 Å². The molecule has 2 rings (SSSR count). The Hall–Kier alpha value is -1.07. The number of rotatable bonds is 5. The first kappa shape index (κ1) is 11.4. The summed E-state index contributed by atoms with van der Waals surface area (Å²) in [5, 5.41) is 13.0. The molecule has 1 aliphatic heterocycles. The third-order valence-electron chi connectivity index (χ3n) is 3.21. The van der Waals surface area contributed by atoms with Gasteiger partial charge in [-0.2, -0.15) is 5.10 Å². The molecule has 90 valence electrons. The highest BCUT2D eigenvalue weighted by Gasteiger charge is 2.21. The average Bonchev–Trinajstić information content (AvgIpc) is 2.85. The molecule has 0 saturated carbocycles. The van der Waals surface area contributed by atoms with Gasteiger partial charge in [0.2, 0.25) is 0 Å². The molecule has 5 heteroatoms. The molecule has 1 aliphatic rings. The van der Waals surface area contributed by atoms with E-state index >= 15 is 0 Å². The number of aliphatic hydroxyl groups is 1. The van der Waals surface area contributed by atoms with Gasteiger partial charge in [0, 0.05) is 25.9 Å². The van der Waals surface area contributed by atoms with Gasteiger partial charge in [-0.25, -0.2) is 0 Å². The fourth-order valence-corrected chi connectivity index (χ4v) is 2.28. The number of nitrogens with zero attached hydrogens (tertiary/aromatic N) is 3. The molecule has 0 aromatic carbocycles. The molecule has 1 fully saturated rings. The number of hydrogen-bond donors (Lipinski definition) is 2. The minimum Gasteiger partial charge on any atom is -0.396 e. The van der Waals surface area contributed by atoms with Crippen molar-refractivity contribution in [1.29, 1.82) is 0 Å². The van der Waals surface area contributed by atoms with Crippen LogP contribution in [0.4, 0.5) is 5.69 Å². The lowest BCUT2D eigenvalue weighted by atomic mass is 10.1. The standard InChI is InChI=1S/C11H20N4O/c12-11-7-13-15(9-11)5-4-14-3-1-10(8-14)2-6-16/h7,9-10,16H,1-6,8,12H2. The van der Waals surface area contributed by atoms with E-state index in [0.29, 0.717) is 12.5 Å². The Morgan fingerprint density at radius 3 is 3.06 bits per heavy atom. The lowest BCUT2D eigenvalue weighted by molar-refractivity contribution is 0.248. The maximum Gasteiger partial charge on any atom is 0.0719 e. The number of hydrogen-bond acceptors (Lipinski definition) is 4. The summed E-state index contributed by atoms with van der Waals surface area (Å²) >= 11 is 0. The van der Waals surface area contributed by atoms with Gasteiger partial charge in [0.05, 0.1) is 18.4 Å². The fraction of sp³-hybridized carbons (Fsp3) is 0.727. The molecule has 5 nitrogen and oxygen atoms in total. The highest BCUT2D eigenvalue weighted by molar-refractivity contribution is 5.30. The van der Waals surface area contributed by atoms with Crippen molar-refractivity contribution in [3.63, 3.8) is 0 Å². The minimum absolute atomic E-state index is 0.314. The van der Waals surface area contributed by atoms with Gasteiger partial charge >= 0.3 is 0 Å². The Balaban J connectivity index is 1.71. The van der Waals surface area contributed by atoms with Gasteiger partial charge in [-0.05, 0) is 25.3 Å². The lowest BCUT2D eigenvalue weighted by Crippen LogP contribution is -2.25. The van der Waals surface area contributed by atoms with E-state index in [1.807, 2.05) is 10.9 Å². The van der Waals surface area contributed by atoms with E-state index < -0.39 is 0 Å². The fourth-order valence-electron chi connectivity index (χ4n) is 2.28. The van der Waals surface area contributed by atoms with E-state index in [-0.39, 0.29) is 0 Å². The molecule has 0 radical (unpaired) electrons. The largest absolute Gasteiger partial charge is 0.396 e. The van der Waals surface area contributed by atoms with Crippen LogP contribution in [0.25, 0.3) is 0 Å². The van der Waals surface area contributed by atoms with Crippen LogP contribution in [0, 0.1) is 5.92 Å². The van der Waals surface area contributed by atoms with Crippen molar-refractivity contribution in [2.24, 2.45) is 5.92 Å². The first-order chi connectivity index (χ1) is 7.78. The molecule has 0 bridgehead atoms. The van der Waals surface area contributed by atoms with E-state index in [2.05, 4.69) is 10.00 Å². The molecule has 1 aromatic rings. The van der Waals surface area contributed by atoms with Crippen LogP contribution in [0.3, 0.4) is 0 Å². The molecule has 2 heterocycles. The predicted octanol–water partition coefficient (Wildman–Crippen LogP) is 0.170. The van der Waals surface area contributed by atoms with Crippen molar-refractivity contribution in [2.45, 2.75) is 19.4 Å². The van der Waals surface area contributed by atoms with Gasteiger partial charge in [-0.1, -0.05) is 0 Å². The van der Waals surface area contributed by atoms with Gasteiger partial charge in [0.15, 0.2) is 0 Å². The van der Waals surface area contributed by atoms with Crippen LogP contribution in [0.2, 0.25) is 0 Å². The van der Waals surface area contributed by atoms with Gasteiger partial charge in [-0.15, -0.1) is 0 Å². The summed E-state index contributed by atoms with van der Waals surface area (Å²) in [4.78, 5) is 2.43. The molecule has 0 amide bonds. The summed E-state index contributed by atoms with van der Waals surface area (Å²) in [5.74, 6) is 0.674. The first-order valence-corrected chi connectivity index (χ1v) is 5.89. The highest BCUT2D eigenvalue weighted by atomic mass is 16.3. The molecular weight excluding hydrogens is 204 g/mol. The van der Waals surface area contributed by atoms with Crippen molar-refractivity contribution in [1.82, 2.24) is 14.7 Å². The maximum atomic E-state index is 8.88. The number of likely N-dealkylation sites (tertiary alicyclic amines) is 1. The van der Waals surface area contributed by atoms with Crippen molar-refractivity contribution in [2.75, 3.05) is 32.0 Å². The summed E-state index contributed by atoms with van der Waals surface area (Å²) in [6.07, 6.45) is 5.69. The molecule has 0 aliphatic carbocycles. The van der Waals surface area contributed by atoms with Crippen LogP contribution in [0.15, 0.2) is 12.4 Å². The lowest BCUT2D eigenvalue weighted by Gasteiger charge is -2.15. The third-order valence-corrected chi connectivity index (χ3v) is 3.21. The molecule has 1 saturated heterocycles. The van der Waals surface area contributed by atoms with E-state index in [1.165, 1.54) is 6.42 Å². The maximum absolute atomic E-state index is 8.88. The molecule has 0 spiro atoms. The first-order valence-electron chi connectivity index (χ1n) is 5.89. The van der Waals surface area contributed by atoms with E-state index in [0.717, 1.165) is 38.3 Å². The molecule has 1 unspecified atom stereocenters. The third kappa shape index (κ3) is 2.96. The normalized spacial score (nSPS) is 21.7. The van der Waals surface area contributed by atoms with Gasteiger partial charge in [0.1, 0.15) is 0 Å². The van der Waals surface area contributed by atoms with E-state index in [4.69, 9.17) is 10.8 Å². The molecule has 1 atom stereocenters. The van der Waals surface area contributed by atoms with Crippen LogP contribution in [0.5, 0.6) is 0 Å². The second-order valence-corrected chi connectivity index (χ2v) is 4.50. The number of nitrogen functional groups attached to an aromatic ring is 1. The van der Waals surface area contributed by atoms with Crippen LogP contribution in [0.1, 0.15) is 12.8 Å². The van der Waals surface area contributed by atoms with Crippen molar-refractivity contribution < 1.29 is 5.11 Å². The van der Waals surface area contributed by atoms with Crippen molar-refractivity contribution >= 4 is 5.69 Å². The van der Waals surface area contributed by atoms with Crippen LogP contribution >= 0.6 is 0 Å². The van der Waals surface area contributed by atoms with Crippen molar-refractivity contribution in [3.05, 3.63) is 12.4 Å². The summed E-state index contributed by atoms with van der Waals surface area (Å²) in [5.41, 5.74) is 6.32. The van der Waals surface area contributed by atoms with Crippen molar-refractivity contribution in [3.8, 4) is 0 Å². The second kappa shape index (κ2) is 5.32. The van der Waals surface area contributed by atoms with Crippen LogP contribution in [-0.4, -0.2) is 46.0 Å². The Morgan fingerprint density at radius 1 is 1.50 bits per heavy atom.